The van der Waals surface area contributed by atoms with Gasteiger partial charge in [-0.15, -0.1) is 0 Å². The van der Waals surface area contributed by atoms with E-state index in [-0.39, 0.29) is 17.2 Å². The second-order valence-electron chi connectivity index (χ2n) is 8.70. The Morgan fingerprint density at radius 3 is 2.63 bits per heavy atom. The maximum atomic E-state index is 12.2. The van der Waals surface area contributed by atoms with Crippen molar-refractivity contribution in [2.75, 3.05) is 42.3 Å². The fourth-order valence-electron chi connectivity index (χ4n) is 4.09. The van der Waals surface area contributed by atoms with Crippen LogP contribution < -0.4 is 15.5 Å². The molecule has 1 aliphatic carbocycles. The van der Waals surface area contributed by atoms with Crippen LogP contribution in [0, 0.1) is 0 Å². The Labute approximate surface area is 205 Å². The number of hydrogen-bond acceptors (Lipinski definition) is 7. The highest BCUT2D eigenvalue weighted by Crippen LogP contribution is 2.48. The van der Waals surface area contributed by atoms with Crippen molar-refractivity contribution >= 4 is 28.6 Å². The minimum absolute atomic E-state index is 0.169. The zero-order chi connectivity index (χ0) is 24.3. The first-order valence-electron chi connectivity index (χ1n) is 11.4. The van der Waals surface area contributed by atoms with Crippen LogP contribution >= 0.6 is 0 Å². The van der Waals surface area contributed by atoms with Crippen LogP contribution in [-0.4, -0.2) is 66.8 Å². The third-order valence-electron chi connectivity index (χ3n) is 6.22. The SMILES string of the molecule is O=C(NCc1ncc[nH]1)Nc1ccc(-c2nc(N3CCOCC3)cc(C3(CS(=O)O)CC3)n2)cc1. The van der Waals surface area contributed by atoms with Gasteiger partial charge in [-0.2, -0.15) is 0 Å². The zero-order valence-electron chi connectivity index (χ0n) is 19.1. The Morgan fingerprint density at radius 1 is 1.20 bits per heavy atom. The van der Waals surface area contributed by atoms with E-state index in [1.54, 1.807) is 24.5 Å². The molecule has 1 aliphatic heterocycles. The van der Waals surface area contributed by atoms with Crippen molar-refractivity contribution in [1.29, 1.82) is 0 Å². The lowest BCUT2D eigenvalue weighted by molar-refractivity contribution is 0.122. The van der Waals surface area contributed by atoms with Gasteiger partial charge >= 0.3 is 6.03 Å². The van der Waals surface area contributed by atoms with Gasteiger partial charge in [0.2, 0.25) is 0 Å². The van der Waals surface area contributed by atoms with Gasteiger partial charge in [0.25, 0.3) is 0 Å². The van der Waals surface area contributed by atoms with Crippen LogP contribution in [-0.2, 0) is 27.8 Å². The molecule has 1 unspecified atom stereocenters. The first-order chi connectivity index (χ1) is 17.0. The van der Waals surface area contributed by atoms with E-state index in [9.17, 15) is 13.6 Å². The van der Waals surface area contributed by atoms with Crippen molar-refractivity contribution in [1.82, 2.24) is 25.3 Å². The molecule has 1 saturated heterocycles. The van der Waals surface area contributed by atoms with Crippen molar-refractivity contribution in [3.05, 3.63) is 54.2 Å². The van der Waals surface area contributed by atoms with E-state index in [0.29, 0.717) is 37.1 Å². The normalized spacial score (nSPS) is 17.6. The lowest BCUT2D eigenvalue weighted by atomic mass is 10.0. The molecule has 5 rings (SSSR count). The third-order valence-corrected chi connectivity index (χ3v) is 7.02. The molecule has 1 saturated carbocycles. The molecule has 11 nitrogen and oxygen atoms in total. The lowest BCUT2D eigenvalue weighted by Gasteiger charge is -2.29. The molecule has 2 aliphatic rings. The van der Waals surface area contributed by atoms with Crippen LogP contribution in [0.2, 0.25) is 0 Å². The molecule has 2 aromatic heterocycles. The molecule has 0 radical (unpaired) electrons. The number of anilines is 2. The first-order valence-corrected chi connectivity index (χ1v) is 12.7. The Kier molecular flexibility index (Phi) is 6.75. The minimum Gasteiger partial charge on any atom is -0.378 e. The number of nitrogens with one attached hydrogen (secondary N) is 3. The van der Waals surface area contributed by atoms with Crippen LogP contribution in [0.3, 0.4) is 0 Å². The standard InChI is InChI=1S/C23H27N7O4S/c31-22(26-14-19-24-7-8-25-19)27-17-3-1-16(2-4-17)21-28-18(23(5-6-23)15-35(32)33)13-20(29-21)30-9-11-34-12-10-30/h1-4,7-8,13H,5-6,9-12,14-15H2,(H,24,25)(H,32,33)(H2,26,27,31). The molecular weight excluding hydrogens is 470 g/mol. The van der Waals surface area contributed by atoms with Crippen LogP contribution in [0.4, 0.5) is 16.3 Å². The van der Waals surface area contributed by atoms with E-state index in [1.165, 1.54) is 0 Å². The Balaban J connectivity index is 1.35. The molecule has 4 N–H and O–H groups in total. The van der Waals surface area contributed by atoms with E-state index in [2.05, 4.69) is 25.5 Å². The second-order valence-corrected chi connectivity index (χ2v) is 9.63. The third kappa shape index (κ3) is 5.66. The van der Waals surface area contributed by atoms with Gasteiger partial charge in [-0.25, -0.2) is 24.0 Å². The van der Waals surface area contributed by atoms with Gasteiger partial charge in [-0.1, -0.05) is 0 Å². The first kappa shape index (κ1) is 23.4. The van der Waals surface area contributed by atoms with Gasteiger partial charge in [0.05, 0.1) is 31.2 Å². The molecule has 3 aromatic rings. The molecule has 35 heavy (non-hydrogen) atoms. The van der Waals surface area contributed by atoms with Crippen molar-refractivity contribution in [2.45, 2.75) is 24.8 Å². The zero-order valence-corrected chi connectivity index (χ0v) is 19.9. The monoisotopic (exact) mass is 497 g/mol. The van der Waals surface area contributed by atoms with Crippen molar-refractivity contribution in [3.63, 3.8) is 0 Å². The summed E-state index contributed by atoms with van der Waals surface area (Å²) in [5.74, 6) is 2.18. The van der Waals surface area contributed by atoms with E-state index in [4.69, 9.17) is 14.7 Å². The number of carbonyl (C=O) groups excluding carboxylic acids is 1. The Bertz CT molecular complexity index is 1190. The maximum Gasteiger partial charge on any atom is 0.319 e. The summed E-state index contributed by atoms with van der Waals surface area (Å²) in [6.07, 6.45) is 4.98. The van der Waals surface area contributed by atoms with Crippen LogP contribution in [0.15, 0.2) is 42.7 Å². The highest BCUT2D eigenvalue weighted by atomic mass is 32.2. The number of nitrogens with zero attached hydrogens (tertiary/aromatic N) is 4. The number of hydrogen-bond donors (Lipinski definition) is 4. The van der Waals surface area contributed by atoms with Gasteiger partial charge in [-0.05, 0) is 37.1 Å². The molecule has 0 bridgehead atoms. The number of imidazole rings is 1. The highest BCUT2D eigenvalue weighted by Gasteiger charge is 2.47. The predicted octanol–water partition coefficient (Wildman–Crippen LogP) is 2.28. The topological polar surface area (TPSA) is 145 Å². The summed E-state index contributed by atoms with van der Waals surface area (Å²) >= 11 is -1.90. The second kappa shape index (κ2) is 10.1. The van der Waals surface area contributed by atoms with Crippen LogP contribution in [0.1, 0.15) is 24.4 Å². The van der Waals surface area contributed by atoms with Crippen LogP contribution in [0.5, 0.6) is 0 Å². The average Bonchev–Trinajstić information content (AvgIpc) is 3.45. The molecule has 12 heteroatoms. The molecular formula is C23H27N7O4S. The largest absolute Gasteiger partial charge is 0.378 e. The molecule has 1 aromatic carbocycles. The number of urea groups is 1. The molecule has 184 valence electrons. The van der Waals surface area contributed by atoms with Crippen molar-refractivity contribution < 1.29 is 18.3 Å². The highest BCUT2D eigenvalue weighted by molar-refractivity contribution is 7.79. The summed E-state index contributed by atoms with van der Waals surface area (Å²) in [6.45, 7) is 3.00. The van der Waals surface area contributed by atoms with Crippen molar-refractivity contribution in [2.24, 2.45) is 0 Å². The smallest absolute Gasteiger partial charge is 0.319 e. The van der Waals surface area contributed by atoms with Gasteiger partial charge < -0.3 is 29.8 Å². The van der Waals surface area contributed by atoms with E-state index in [1.807, 2.05) is 18.2 Å². The average molecular weight is 498 g/mol. The molecule has 3 heterocycles. The van der Waals surface area contributed by atoms with Gasteiger partial charge in [0.1, 0.15) is 11.6 Å². The number of rotatable bonds is 8. The summed E-state index contributed by atoms with van der Waals surface area (Å²) in [5, 5.41) is 5.54. The summed E-state index contributed by atoms with van der Waals surface area (Å²) in [7, 11) is 0. The summed E-state index contributed by atoms with van der Waals surface area (Å²) < 4.78 is 26.6. The van der Waals surface area contributed by atoms with E-state index in [0.717, 1.165) is 43.0 Å². The fourth-order valence-corrected chi connectivity index (χ4v) is 5.00. The summed E-state index contributed by atoms with van der Waals surface area (Å²) in [4.78, 5) is 31.0. The fraction of sp³-hybridized carbons (Fsp3) is 0.391. The van der Waals surface area contributed by atoms with E-state index >= 15 is 0 Å². The number of amides is 2. The molecule has 2 fully saturated rings. The minimum atomic E-state index is -1.90. The maximum absolute atomic E-state index is 12.2. The number of ether oxygens (including phenoxy) is 1. The Morgan fingerprint density at radius 2 is 1.97 bits per heavy atom. The Hall–Kier alpha value is -3.35. The van der Waals surface area contributed by atoms with Crippen LogP contribution in [0.25, 0.3) is 11.4 Å². The predicted molar refractivity (Wildman–Crippen MR) is 131 cm³/mol. The molecule has 2 amide bonds. The number of benzene rings is 1. The lowest BCUT2D eigenvalue weighted by Crippen LogP contribution is -2.37. The summed E-state index contributed by atoms with van der Waals surface area (Å²) in [6, 6.07) is 8.91. The van der Waals surface area contributed by atoms with E-state index < -0.39 is 11.1 Å². The van der Waals surface area contributed by atoms with Gasteiger partial charge in [-0.3, -0.25) is 0 Å². The number of morpholine rings is 1. The molecule has 0 spiro atoms. The number of carbonyl (C=O) groups is 1. The number of aromatic nitrogens is 4. The quantitative estimate of drug-likeness (QED) is 0.347. The number of H-pyrrole nitrogens is 1. The van der Waals surface area contributed by atoms with Gasteiger partial charge in [0.15, 0.2) is 16.9 Å². The van der Waals surface area contributed by atoms with Crippen molar-refractivity contribution in [3.8, 4) is 11.4 Å². The molecule has 1 atom stereocenters. The number of aromatic amines is 1. The van der Waals surface area contributed by atoms with Gasteiger partial charge in [0, 0.05) is 48.2 Å². The summed E-state index contributed by atoms with van der Waals surface area (Å²) in [5.41, 5.74) is 1.84.